The van der Waals surface area contributed by atoms with Gasteiger partial charge < -0.3 is 15.5 Å². The molecule has 1 aliphatic rings. The fraction of sp³-hybridized carbons (Fsp3) is 0.364. The molecule has 0 aliphatic carbocycles. The number of piperazine rings is 1. The molecule has 172 valence electrons. The van der Waals surface area contributed by atoms with Crippen LogP contribution in [0, 0.1) is 0 Å². The zero-order chi connectivity index (χ0) is 23.1. The van der Waals surface area contributed by atoms with E-state index in [9.17, 15) is 18.0 Å². The van der Waals surface area contributed by atoms with Crippen molar-refractivity contribution in [3.8, 4) is 0 Å². The molecule has 2 aromatic carbocycles. The van der Waals surface area contributed by atoms with Gasteiger partial charge in [0.15, 0.2) is 0 Å². The number of hydrogen-bond acceptors (Lipinski definition) is 5. The van der Waals surface area contributed by atoms with Crippen LogP contribution in [0.15, 0.2) is 53.4 Å². The van der Waals surface area contributed by atoms with E-state index in [1.165, 1.54) is 16.4 Å². The van der Waals surface area contributed by atoms with E-state index in [1.54, 1.807) is 36.4 Å². The molecular weight excluding hydrogens is 452 g/mol. The van der Waals surface area contributed by atoms with Gasteiger partial charge in [-0.25, -0.2) is 8.42 Å². The molecule has 3 rings (SSSR count). The lowest BCUT2D eigenvalue weighted by atomic mass is 10.2. The van der Waals surface area contributed by atoms with Gasteiger partial charge in [0.25, 0.3) is 5.91 Å². The first-order chi connectivity index (χ1) is 15.3. The molecule has 1 heterocycles. The van der Waals surface area contributed by atoms with Gasteiger partial charge in [-0.1, -0.05) is 36.7 Å². The van der Waals surface area contributed by atoms with Crippen molar-refractivity contribution in [3.05, 3.63) is 59.1 Å². The first kappa shape index (κ1) is 24.2. The predicted octanol–water partition coefficient (Wildman–Crippen LogP) is 2.42. The maximum absolute atomic E-state index is 13.0. The van der Waals surface area contributed by atoms with Crippen LogP contribution in [-0.4, -0.2) is 68.7 Å². The molecule has 0 atom stereocenters. The second kappa shape index (κ2) is 10.9. The topological polar surface area (TPSA) is 98.8 Å². The minimum Gasteiger partial charge on any atom is -0.351 e. The zero-order valence-corrected chi connectivity index (χ0v) is 19.5. The maximum Gasteiger partial charge on any atom is 0.252 e. The molecule has 0 saturated carbocycles. The fourth-order valence-electron chi connectivity index (χ4n) is 3.42. The van der Waals surface area contributed by atoms with E-state index in [4.69, 9.17) is 11.6 Å². The van der Waals surface area contributed by atoms with E-state index in [0.29, 0.717) is 42.5 Å². The highest BCUT2D eigenvalue weighted by molar-refractivity contribution is 7.89. The summed E-state index contributed by atoms with van der Waals surface area (Å²) >= 11 is 6.00. The van der Waals surface area contributed by atoms with E-state index in [-0.39, 0.29) is 29.7 Å². The Bertz CT molecular complexity index is 1070. The number of carbonyl (C=O) groups is 2. The van der Waals surface area contributed by atoms with Gasteiger partial charge in [0.1, 0.15) is 0 Å². The van der Waals surface area contributed by atoms with Gasteiger partial charge in [0.05, 0.1) is 15.5 Å². The zero-order valence-electron chi connectivity index (χ0n) is 17.9. The summed E-state index contributed by atoms with van der Waals surface area (Å²) in [5.41, 5.74) is 0.730. The van der Waals surface area contributed by atoms with Gasteiger partial charge in [-0.3, -0.25) is 9.59 Å². The molecule has 10 heteroatoms. The fourth-order valence-corrected chi connectivity index (χ4v) is 5.11. The molecule has 1 saturated heterocycles. The van der Waals surface area contributed by atoms with Crippen LogP contribution < -0.4 is 10.6 Å². The predicted molar refractivity (Wildman–Crippen MR) is 124 cm³/mol. The van der Waals surface area contributed by atoms with E-state index in [0.717, 1.165) is 6.54 Å². The number of nitrogens with zero attached hydrogens (tertiary/aromatic N) is 2. The van der Waals surface area contributed by atoms with E-state index >= 15 is 0 Å². The van der Waals surface area contributed by atoms with Crippen LogP contribution in [0.1, 0.15) is 23.7 Å². The average molecular weight is 479 g/mol. The highest BCUT2D eigenvalue weighted by atomic mass is 35.5. The number of amides is 2. The smallest absolute Gasteiger partial charge is 0.252 e. The van der Waals surface area contributed by atoms with Gasteiger partial charge in [-0.15, -0.1) is 0 Å². The first-order valence-electron chi connectivity index (χ1n) is 10.5. The lowest BCUT2D eigenvalue weighted by molar-refractivity contribution is -0.116. The molecule has 2 aromatic rings. The molecule has 1 aliphatic heterocycles. The van der Waals surface area contributed by atoms with Crippen LogP contribution in [-0.2, 0) is 14.8 Å². The first-order valence-corrected chi connectivity index (χ1v) is 12.3. The summed E-state index contributed by atoms with van der Waals surface area (Å²) in [7, 11) is -3.63. The van der Waals surface area contributed by atoms with Crippen molar-refractivity contribution < 1.29 is 18.0 Å². The Hall–Kier alpha value is -2.46. The Morgan fingerprint density at radius 1 is 1.03 bits per heavy atom. The van der Waals surface area contributed by atoms with Crippen LogP contribution >= 0.6 is 11.6 Å². The number of hydrogen-bond donors (Lipinski definition) is 2. The number of benzene rings is 2. The molecule has 32 heavy (non-hydrogen) atoms. The third-order valence-corrected chi connectivity index (χ3v) is 7.51. The Balaban J connectivity index is 1.54. The summed E-state index contributed by atoms with van der Waals surface area (Å²) in [4.78, 5) is 26.8. The third kappa shape index (κ3) is 6.07. The van der Waals surface area contributed by atoms with E-state index in [2.05, 4.69) is 22.5 Å². The Morgan fingerprint density at radius 3 is 2.44 bits per heavy atom. The number of carbonyl (C=O) groups excluding carboxylic acids is 2. The molecule has 0 spiro atoms. The molecule has 0 aromatic heterocycles. The molecule has 8 nitrogen and oxygen atoms in total. The molecule has 2 amide bonds. The number of rotatable bonds is 8. The molecule has 0 bridgehead atoms. The van der Waals surface area contributed by atoms with Gasteiger partial charge in [0.2, 0.25) is 15.9 Å². The molecular formula is C22H27ClN4O4S. The van der Waals surface area contributed by atoms with E-state index in [1.807, 2.05) is 0 Å². The van der Waals surface area contributed by atoms with Crippen molar-refractivity contribution in [1.29, 1.82) is 0 Å². The normalized spacial score (nSPS) is 15.3. The van der Waals surface area contributed by atoms with Crippen molar-refractivity contribution in [2.24, 2.45) is 0 Å². The van der Waals surface area contributed by atoms with Gasteiger partial charge >= 0.3 is 0 Å². The quantitative estimate of drug-likeness (QED) is 0.607. The van der Waals surface area contributed by atoms with Gasteiger partial charge in [-0.05, 0) is 36.9 Å². The minimum absolute atomic E-state index is 0.0339. The standard InChI is InChI=1S/C22H27ClN4O4S/c1-2-26-12-14-27(15-13-26)32(30,31)18-7-5-6-17(16-18)25-21(28)10-11-24-22(29)19-8-3-4-9-20(19)23/h3-9,16H,2,10-15H2,1H3,(H,24,29)(H,25,28). The van der Waals surface area contributed by atoms with Crippen molar-refractivity contribution in [2.45, 2.75) is 18.2 Å². The molecule has 1 fully saturated rings. The maximum atomic E-state index is 13.0. The number of nitrogens with one attached hydrogen (secondary N) is 2. The van der Waals surface area contributed by atoms with Crippen molar-refractivity contribution >= 4 is 39.1 Å². The van der Waals surface area contributed by atoms with Crippen LogP contribution in [0.25, 0.3) is 0 Å². The lowest BCUT2D eigenvalue weighted by Crippen LogP contribution is -2.48. The Morgan fingerprint density at radius 2 is 1.75 bits per heavy atom. The molecule has 0 unspecified atom stereocenters. The van der Waals surface area contributed by atoms with Crippen LogP contribution in [0.2, 0.25) is 5.02 Å². The van der Waals surface area contributed by atoms with E-state index < -0.39 is 10.0 Å². The number of halogens is 1. The van der Waals surface area contributed by atoms with Crippen molar-refractivity contribution in [1.82, 2.24) is 14.5 Å². The Kier molecular flexibility index (Phi) is 8.25. The number of sulfonamides is 1. The summed E-state index contributed by atoms with van der Waals surface area (Å²) < 4.78 is 27.4. The van der Waals surface area contributed by atoms with Crippen LogP contribution in [0.3, 0.4) is 0 Å². The number of anilines is 1. The summed E-state index contributed by atoms with van der Waals surface area (Å²) in [5.74, 6) is -0.699. The summed E-state index contributed by atoms with van der Waals surface area (Å²) in [6.07, 6.45) is 0.0339. The Labute approximate surface area is 193 Å². The summed E-state index contributed by atoms with van der Waals surface area (Å²) in [6.45, 7) is 5.36. The van der Waals surface area contributed by atoms with Crippen LogP contribution in [0.5, 0.6) is 0 Å². The molecule has 2 N–H and O–H groups in total. The average Bonchev–Trinajstić information content (AvgIpc) is 2.79. The second-order valence-corrected chi connectivity index (χ2v) is 9.75. The number of likely N-dealkylation sites (N-methyl/N-ethyl adjacent to an activating group) is 1. The van der Waals surface area contributed by atoms with Gasteiger partial charge in [0, 0.05) is 44.8 Å². The monoisotopic (exact) mass is 478 g/mol. The summed E-state index contributed by atoms with van der Waals surface area (Å²) in [6, 6.07) is 12.9. The highest BCUT2D eigenvalue weighted by Gasteiger charge is 2.28. The third-order valence-electron chi connectivity index (χ3n) is 5.29. The van der Waals surface area contributed by atoms with Crippen molar-refractivity contribution in [3.63, 3.8) is 0 Å². The largest absolute Gasteiger partial charge is 0.351 e. The van der Waals surface area contributed by atoms with Crippen LogP contribution in [0.4, 0.5) is 5.69 Å². The minimum atomic E-state index is -3.63. The van der Waals surface area contributed by atoms with Crippen molar-refractivity contribution in [2.75, 3.05) is 44.6 Å². The SMILES string of the molecule is CCN1CCN(S(=O)(=O)c2cccc(NC(=O)CCNC(=O)c3ccccc3Cl)c2)CC1. The second-order valence-electron chi connectivity index (χ2n) is 7.40. The molecule has 0 radical (unpaired) electrons. The highest BCUT2D eigenvalue weighted by Crippen LogP contribution is 2.21. The van der Waals surface area contributed by atoms with Gasteiger partial charge in [-0.2, -0.15) is 4.31 Å². The summed E-state index contributed by atoms with van der Waals surface area (Å²) in [5, 5.41) is 5.68. The lowest BCUT2D eigenvalue weighted by Gasteiger charge is -2.33.